The van der Waals surface area contributed by atoms with Crippen molar-refractivity contribution in [2.24, 2.45) is 0 Å². The Kier molecular flexibility index (Phi) is 9.17. The summed E-state index contributed by atoms with van der Waals surface area (Å²) in [5.74, 6) is 0.893. The van der Waals surface area contributed by atoms with Gasteiger partial charge in [0.2, 0.25) is 5.91 Å². The van der Waals surface area contributed by atoms with Crippen LogP contribution in [-0.4, -0.2) is 40.6 Å². The van der Waals surface area contributed by atoms with Gasteiger partial charge in [0.25, 0.3) is 10.0 Å². The summed E-state index contributed by atoms with van der Waals surface area (Å²) in [4.78, 5) is 12.8. The van der Waals surface area contributed by atoms with Gasteiger partial charge in [-0.15, -0.1) is 0 Å². The second-order valence-corrected chi connectivity index (χ2v) is 10.6. The Balaban J connectivity index is 1.71. The van der Waals surface area contributed by atoms with E-state index >= 15 is 0 Å². The van der Waals surface area contributed by atoms with Crippen LogP contribution in [-0.2, 0) is 14.8 Å². The normalized spacial score (nSPS) is 11.1. The molecular formula is C26H29BrN2O5S. The molecule has 0 spiro atoms. The first-order valence-corrected chi connectivity index (χ1v) is 13.4. The van der Waals surface area contributed by atoms with Gasteiger partial charge in [0.1, 0.15) is 24.7 Å². The van der Waals surface area contributed by atoms with Crippen molar-refractivity contribution >= 4 is 37.5 Å². The van der Waals surface area contributed by atoms with Gasteiger partial charge in [0.05, 0.1) is 23.7 Å². The molecule has 3 rings (SSSR count). The summed E-state index contributed by atoms with van der Waals surface area (Å²) in [7, 11) is -3.99. The highest BCUT2D eigenvalue weighted by Gasteiger charge is 2.27. The van der Waals surface area contributed by atoms with Crippen molar-refractivity contribution in [1.29, 1.82) is 0 Å². The molecule has 1 amide bonds. The van der Waals surface area contributed by atoms with Gasteiger partial charge in [0, 0.05) is 4.47 Å². The van der Waals surface area contributed by atoms with Crippen molar-refractivity contribution in [2.45, 2.75) is 25.7 Å². The zero-order valence-corrected chi connectivity index (χ0v) is 22.4. The van der Waals surface area contributed by atoms with Crippen molar-refractivity contribution in [3.8, 4) is 11.5 Å². The van der Waals surface area contributed by atoms with Crippen molar-refractivity contribution in [3.63, 3.8) is 0 Å². The molecule has 3 aromatic rings. The summed E-state index contributed by atoms with van der Waals surface area (Å²) >= 11 is 3.32. The van der Waals surface area contributed by atoms with Crippen LogP contribution in [0.2, 0.25) is 0 Å². The Morgan fingerprint density at radius 3 is 2.20 bits per heavy atom. The maximum atomic E-state index is 13.4. The lowest BCUT2D eigenvalue weighted by Gasteiger charge is -2.24. The van der Waals surface area contributed by atoms with E-state index in [1.54, 1.807) is 36.4 Å². The number of carbonyl (C=O) groups excluding carboxylic acids is 1. The topological polar surface area (TPSA) is 84.9 Å². The van der Waals surface area contributed by atoms with Crippen molar-refractivity contribution in [1.82, 2.24) is 5.32 Å². The SMILES string of the molecule is CCOc1ccc(N(CC(=O)NCCOc2ccc(C)c(C)c2)S(=O)(=O)c2ccc(Br)cc2)cc1. The summed E-state index contributed by atoms with van der Waals surface area (Å²) < 4.78 is 39.9. The lowest BCUT2D eigenvalue weighted by Crippen LogP contribution is -2.41. The van der Waals surface area contributed by atoms with Gasteiger partial charge in [-0.05, 0) is 92.6 Å². The van der Waals surface area contributed by atoms with Crippen LogP contribution in [0.1, 0.15) is 18.1 Å². The quantitative estimate of drug-likeness (QED) is 0.339. The number of nitrogens with zero attached hydrogens (tertiary/aromatic N) is 1. The average molecular weight is 561 g/mol. The lowest BCUT2D eigenvalue weighted by molar-refractivity contribution is -0.119. The Labute approximate surface area is 215 Å². The number of ether oxygens (including phenoxy) is 2. The van der Waals surface area contributed by atoms with Crippen LogP contribution in [0.4, 0.5) is 5.69 Å². The van der Waals surface area contributed by atoms with E-state index in [4.69, 9.17) is 9.47 Å². The monoisotopic (exact) mass is 560 g/mol. The minimum Gasteiger partial charge on any atom is -0.494 e. The van der Waals surface area contributed by atoms with Gasteiger partial charge in [-0.1, -0.05) is 22.0 Å². The molecular weight excluding hydrogens is 532 g/mol. The van der Waals surface area contributed by atoms with Crippen LogP contribution in [0.5, 0.6) is 11.5 Å². The molecule has 0 aliphatic carbocycles. The Hall–Kier alpha value is -3.04. The van der Waals surface area contributed by atoms with Crippen molar-refractivity contribution in [3.05, 3.63) is 82.3 Å². The van der Waals surface area contributed by atoms with E-state index in [9.17, 15) is 13.2 Å². The summed E-state index contributed by atoms with van der Waals surface area (Å²) in [5, 5.41) is 2.74. The number of aryl methyl sites for hydroxylation is 2. The molecule has 0 fully saturated rings. The molecule has 0 aliphatic heterocycles. The first kappa shape index (κ1) is 26.6. The predicted octanol–water partition coefficient (Wildman–Crippen LogP) is 4.86. The summed E-state index contributed by atoms with van der Waals surface area (Å²) in [5.41, 5.74) is 2.65. The van der Waals surface area contributed by atoms with Crippen LogP contribution in [0, 0.1) is 13.8 Å². The van der Waals surface area contributed by atoms with E-state index in [0.717, 1.165) is 20.1 Å². The highest BCUT2D eigenvalue weighted by Crippen LogP contribution is 2.26. The number of anilines is 1. The maximum absolute atomic E-state index is 13.4. The van der Waals surface area contributed by atoms with E-state index in [-0.39, 0.29) is 24.6 Å². The zero-order chi connectivity index (χ0) is 25.4. The number of hydrogen-bond donors (Lipinski definition) is 1. The van der Waals surface area contributed by atoms with Crippen LogP contribution in [0.3, 0.4) is 0 Å². The second-order valence-electron chi connectivity index (χ2n) is 7.84. The molecule has 0 unspecified atom stereocenters. The minimum atomic E-state index is -3.99. The molecule has 0 atom stereocenters. The number of halogens is 1. The average Bonchev–Trinajstić information content (AvgIpc) is 2.83. The fourth-order valence-corrected chi connectivity index (χ4v) is 4.96. The molecule has 0 saturated carbocycles. The number of nitrogens with one attached hydrogen (secondary N) is 1. The molecule has 0 aromatic heterocycles. The fourth-order valence-electron chi connectivity index (χ4n) is 3.27. The van der Waals surface area contributed by atoms with Crippen LogP contribution in [0.15, 0.2) is 76.1 Å². The summed E-state index contributed by atoms with van der Waals surface area (Å²) in [6.07, 6.45) is 0. The van der Waals surface area contributed by atoms with Gasteiger partial charge in [-0.3, -0.25) is 9.10 Å². The zero-order valence-electron chi connectivity index (χ0n) is 20.0. The second kappa shape index (κ2) is 12.1. The molecule has 0 radical (unpaired) electrons. The van der Waals surface area contributed by atoms with E-state index in [1.807, 2.05) is 39.0 Å². The van der Waals surface area contributed by atoms with E-state index < -0.39 is 15.9 Å². The molecule has 3 aromatic carbocycles. The first-order chi connectivity index (χ1) is 16.7. The standard InChI is InChI=1S/C26H29BrN2O5S/c1-4-33-23-11-8-22(9-12-23)29(35(31,32)25-13-6-21(27)7-14-25)18-26(30)28-15-16-34-24-10-5-19(2)20(3)17-24/h5-14,17H,4,15-16,18H2,1-3H3,(H,28,30). The van der Waals surface area contributed by atoms with E-state index in [0.29, 0.717) is 18.0 Å². The Morgan fingerprint density at radius 2 is 1.57 bits per heavy atom. The number of sulfonamides is 1. The molecule has 186 valence electrons. The van der Waals surface area contributed by atoms with Crippen molar-refractivity contribution < 1.29 is 22.7 Å². The molecule has 7 nitrogen and oxygen atoms in total. The number of rotatable bonds is 11. The van der Waals surface area contributed by atoms with Gasteiger partial charge in [0.15, 0.2) is 0 Å². The maximum Gasteiger partial charge on any atom is 0.264 e. The van der Waals surface area contributed by atoms with Gasteiger partial charge < -0.3 is 14.8 Å². The number of amides is 1. The van der Waals surface area contributed by atoms with Crippen LogP contribution in [0.25, 0.3) is 0 Å². The molecule has 35 heavy (non-hydrogen) atoms. The van der Waals surface area contributed by atoms with Crippen LogP contribution < -0.4 is 19.1 Å². The number of hydrogen-bond acceptors (Lipinski definition) is 5. The summed E-state index contributed by atoms with van der Waals surface area (Å²) in [6, 6.07) is 18.7. The first-order valence-electron chi connectivity index (χ1n) is 11.2. The summed E-state index contributed by atoms with van der Waals surface area (Å²) in [6.45, 7) is 6.51. The van der Waals surface area contributed by atoms with Gasteiger partial charge in [-0.25, -0.2) is 8.42 Å². The Bertz CT molecular complexity index is 1250. The Morgan fingerprint density at radius 1 is 0.914 bits per heavy atom. The third kappa shape index (κ3) is 7.22. The third-order valence-electron chi connectivity index (χ3n) is 5.30. The largest absolute Gasteiger partial charge is 0.494 e. The molecule has 0 aliphatic rings. The van der Waals surface area contributed by atoms with E-state index in [1.165, 1.54) is 17.7 Å². The predicted molar refractivity (Wildman–Crippen MR) is 141 cm³/mol. The highest BCUT2D eigenvalue weighted by atomic mass is 79.9. The number of benzene rings is 3. The highest BCUT2D eigenvalue weighted by molar-refractivity contribution is 9.10. The smallest absolute Gasteiger partial charge is 0.264 e. The van der Waals surface area contributed by atoms with Crippen molar-refractivity contribution in [2.75, 3.05) is 30.6 Å². The van der Waals surface area contributed by atoms with Gasteiger partial charge >= 0.3 is 0 Å². The third-order valence-corrected chi connectivity index (χ3v) is 7.61. The molecule has 9 heteroatoms. The minimum absolute atomic E-state index is 0.0838. The lowest BCUT2D eigenvalue weighted by atomic mass is 10.1. The number of carbonyl (C=O) groups is 1. The molecule has 1 N–H and O–H groups in total. The van der Waals surface area contributed by atoms with Crippen LogP contribution >= 0.6 is 15.9 Å². The van der Waals surface area contributed by atoms with E-state index in [2.05, 4.69) is 21.2 Å². The molecule has 0 bridgehead atoms. The molecule has 0 saturated heterocycles. The molecule has 0 heterocycles. The fraction of sp³-hybridized carbons (Fsp3) is 0.269. The van der Waals surface area contributed by atoms with Gasteiger partial charge in [-0.2, -0.15) is 0 Å².